The normalized spacial score (nSPS) is 12.0. The Hall–Kier alpha value is -2.33. The fraction of sp³-hybridized carbons (Fsp3) is 0.611. The molecule has 2 rings (SSSR count). The zero-order chi connectivity index (χ0) is 32.7. The van der Waals surface area contributed by atoms with Gasteiger partial charge in [-0.25, -0.2) is 0 Å². The molecule has 5 heteroatoms. The largest absolute Gasteiger partial charge is 0.398 e. The number of amides is 1. The number of benzene rings is 2. The summed E-state index contributed by atoms with van der Waals surface area (Å²) in [5.41, 5.74) is 14.8. The third-order valence-electron chi connectivity index (χ3n) is 8.01. The van der Waals surface area contributed by atoms with Crippen LogP contribution in [-0.4, -0.2) is 11.1 Å². The van der Waals surface area contributed by atoms with Crippen molar-refractivity contribution in [1.82, 2.24) is 0 Å². The number of nitrogen functional groups attached to an aromatic ring is 1. The molecule has 0 heterocycles. The first-order valence-electron chi connectivity index (χ1n) is 14.8. The van der Waals surface area contributed by atoms with Crippen LogP contribution in [0, 0.1) is 38.5 Å². The molecular formula is C36H59ClN2O2. The summed E-state index contributed by atoms with van der Waals surface area (Å²) in [5.74, 6) is 0.0923. The van der Waals surface area contributed by atoms with Crippen molar-refractivity contribution < 1.29 is 9.59 Å². The highest BCUT2D eigenvalue weighted by molar-refractivity contribution is 6.64. The predicted molar refractivity (Wildman–Crippen MR) is 181 cm³/mol. The standard InChI is InChI=1S/C18H29NO.C12H19N.C6H11ClO/c1-9-18(7,8)16(20)19-15-12(2)10-14(11-13(15)3)17(4,5)6;1-8-6-10(12(3,4)5)7-9(2)11(8)13;1-4-6(2,3)5(7)8/h10-11H,9H2,1-8H3,(H,19,20);6-7H,13H2,1-5H3;4H2,1-3H3. The summed E-state index contributed by atoms with van der Waals surface area (Å²) >= 11 is 5.23. The fourth-order valence-corrected chi connectivity index (χ4v) is 3.72. The van der Waals surface area contributed by atoms with Crippen LogP contribution in [0.4, 0.5) is 11.4 Å². The lowest BCUT2D eigenvalue weighted by molar-refractivity contribution is -0.124. The maximum Gasteiger partial charge on any atom is 0.230 e. The minimum atomic E-state index is -0.332. The Morgan fingerprint density at radius 2 is 0.976 bits per heavy atom. The van der Waals surface area contributed by atoms with Crippen molar-refractivity contribution >= 4 is 34.1 Å². The zero-order valence-electron chi connectivity index (χ0n) is 29.0. The number of hydrogen-bond donors (Lipinski definition) is 2. The second kappa shape index (κ2) is 14.7. The van der Waals surface area contributed by atoms with Gasteiger partial charge in [0.05, 0.1) is 0 Å². The maximum absolute atomic E-state index is 12.3. The van der Waals surface area contributed by atoms with Gasteiger partial charge in [0.25, 0.3) is 0 Å². The van der Waals surface area contributed by atoms with E-state index in [0.717, 1.165) is 35.3 Å². The van der Waals surface area contributed by atoms with Crippen LogP contribution in [-0.2, 0) is 20.4 Å². The average Bonchev–Trinajstić information content (AvgIpc) is 2.83. The lowest BCUT2D eigenvalue weighted by Gasteiger charge is -2.25. The molecule has 0 fully saturated rings. The summed E-state index contributed by atoms with van der Waals surface area (Å²) in [6, 6.07) is 8.73. The number of rotatable bonds is 5. The van der Waals surface area contributed by atoms with Crippen LogP contribution in [0.2, 0.25) is 0 Å². The van der Waals surface area contributed by atoms with Gasteiger partial charge >= 0.3 is 0 Å². The highest BCUT2D eigenvalue weighted by Crippen LogP contribution is 2.31. The van der Waals surface area contributed by atoms with Gasteiger partial charge in [-0.05, 0) is 96.3 Å². The summed E-state index contributed by atoms with van der Waals surface area (Å²) in [5, 5.41) is 2.86. The molecule has 0 aliphatic heterocycles. The van der Waals surface area contributed by atoms with E-state index in [2.05, 4.69) is 98.8 Å². The maximum atomic E-state index is 12.3. The Labute approximate surface area is 257 Å². The summed E-state index contributed by atoms with van der Waals surface area (Å²) in [6.45, 7) is 33.2. The van der Waals surface area contributed by atoms with E-state index in [4.69, 9.17) is 17.3 Å². The van der Waals surface area contributed by atoms with E-state index in [0.29, 0.717) is 0 Å². The number of halogens is 1. The predicted octanol–water partition coefficient (Wildman–Crippen LogP) is 10.3. The molecule has 0 bridgehead atoms. The van der Waals surface area contributed by atoms with Gasteiger partial charge in [-0.15, -0.1) is 0 Å². The first-order chi connectivity index (χ1) is 18.3. The van der Waals surface area contributed by atoms with Crippen LogP contribution in [0.25, 0.3) is 0 Å². The molecule has 4 nitrogen and oxygen atoms in total. The Morgan fingerprint density at radius 3 is 1.22 bits per heavy atom. The quantitative estimate of drug-likeness (QED) is 0.270. The SMILES string of the molecule is CCC(C)(C)C(=O)Cl.CCC(C)(C)C(=O)Nc1c(C)cc(C(C)(C)C)cc1C.Cc1cc(C(C)(C)C)cc(C)c1N. The van der Waals surface area contributed by atoms with Crippen LogP contribution >= 0.6 is 11.6 Å². The minimum Gasteiger partial charge on any atom is -0.398 e. The van der Waals surface area contributed by atoms with E-state index in [-0.39, 0.29) is 32.8 Å². The number of aryl methyl sites for hydroxylation is 4. The van der Waals surface area contributed by atoms with Crippen molar-refractivity contribution in [1.29, 1.82) is 0 Å². The van der Waals surface area contributed by atoms with E-state index in [1.807, 2.05) is 41.5 Å². The van der Waals surface area contributed by atoms with Gasteiger partial charge in [-0.2, -0.15) is 0 Å². The van der Waals surface area contributed by atoms with E-state index in [1.54, 1.807) is 0 Å². The first-order valence-corrected chi connectivity index (χ1v) is 15.2. The lowest BCUT2D eigenvalue weighted by Crippen LogP contribution is -2.30. The molecule has 0 radical (unpaired) electrons. The van der Waals surface area contributed by atoms with Gasteiger partial charge < -0.3 is 11.1 Å². The van der Waals surface area contributed by atoms with Crippen molar-refractivity contribution in [3.05, 3.63) is 57.6 Å². The summed E-state index contributed by atoms with van der Waals surface area (Å²) in [6.07, 6.45) is 1.63. The molecule has 232 valence electrons. The highest BCUT2D eigenvalue weighted by atomic mass is 35.5. The van der Waals surface area contributed by atoms with Crippen molar-refractivity contribution in [2.24, 2.45) is 10.8 Å². The Balaban J connectivity index is 0.000000652. The molecule has 3 N–H and O–H groups in total. The average molecular weight is 587 g/mol. The molecule has 0 aromatic heterocycles. The zero-order valence-corrected chi connectivity index (χ0v) is 29.8. The van der Waals surface area contributed by atoms with Gasteiger partial charge in [-0.3, -0.25) is 9.59 Å². The fourth-order valence-electron chi connectivity index (χ4n) is 3.58. The lowest BCUT2D eigenvalue weighted by atomic mass is 9.84. The van der Waals surface area contributed by atoms with Gasteiger partial charge in [-0.1, -0.05) is 107 Å². The van der Waals surface area contributed by atoms with Crippen LogP contribution in [0.3, 0.4) is 0 Å². The van der Waals surface area contributed by atoms with Crippen molar-refractivity contribution in [3.63, 3.8) is 0 Å². The number of nitrogens with one attached hydrogen (secondary N) is 1. The van der Waals surface area contributed by atoms with E-state index < -0.39 is 0 Å². The van der Waals surface area contributed by atoms with Gasteiger partial charge in [0, 0.05) is 22.2 Å². The number of anilines is 2. The van der Waals surface area contributed by atoms with E-state index in [9.17, 15) is 9.59 Å². The molecule has 0 saturated carbocycles. The van der Waals surface area contributed by atoms with Crippen LogP contribution < -0.4 is 11.1 Å². The second-order valence-electron chi connectivity index (χ2n) is 14.7. The highest BCUT2D eigenvalue weighted by Gasteiger charge is 2.26. The molecule has 1 amide bonds. The van der Waals surface area contributed by atoms with Gasteiger partial charge in [0.1, 0.15) is 0 Å². The Kier molecular flexibility index (Phi) is 13.9. The topological polar surface area (TPSA) is 72.2 Å². The van der Waals surface area contributed by atoms with Crippen molar-refractivity contribution in [3.8, 4) is 0 Å². The van der Waals surface area contributed by atoms with Crippen LogP contribution in [0.15, 0.2) is 24.3 Å². The molecule has 41 heavy (non-hydrogen) atoms. The molecular weight excluding hydrogens is 528 g/mol. The third-order valence-corrected chi connectivity index (χ3v) is 8.52. The molecule has 2 aromatic carbocycles. The van der Waals surface area contributed by atoms with E-state index in [1.165, 1.54) is 22.3 Å². The molecule has 0 saturated heterocycles. The molecule has 0 spiro atoms. The molecule has 0 aliphatic rings. The number of carbonyl (C=O) groups is 2. The summed E-state index contributed by atoms with van der Waals surface area (Å²) in [4.78, 5) is 22.8. The molecule has 2 aromatic rings. The Morgan fingerprint density at radius 1 is 0.659 bits per heavy atom. The number of nitrogens with two attached hydrogens (primary N) is 1. The first kappa shape index (κ1) is 38.7. The smallest absolute Gasteiger partial charge is 0.230 e. The van der Waals surface area contributed by atoms with E-state index >= 15 is 0 Å². The van der Waals surface area contributed by atoms with Crippen molar-refractivity contribution in [2.75, 3.05) is 11.1 Å². The molecule has 0 unspecified atom stereocenters. The van der Waals surface area contributed by atoms with Crippen LogP contribution in [0.1, 0.15) is 129 Å². The molecule has 0 atom stereocenters. The summed E-state index contributed by atoms with van der Waals surface area (Å²) < 4.78 is 0. The van der Waals surface area contributed by atoms with Gasteiger partial charge in [0.15, 0.2) is 0 Å². The van der Waals surface area contributed by atoms with Crippen LogP contribution in [0.5, 0.6) is 0 Å². The van der Waals surface area contributed by atoms with Gasteiger partial charge in [0.2, 0.25) is 11.1 Å². The summed E-state index contributed by atoms with van der Waals surface area (Å²) in [7, 11) is 0. The number of hydrogen-bond acceptors (Lipinski definition) is 3. The Bertz CT molecular complexity index is 1150. The third kappa shape index (κ3) is 11.8. The molecule has 0 aliphatic carbocycles. The van der Waals surface area contributed by atoms with Crippen molar-refractivity contribution in [2.45, 2.75) is 134 Å². The number of carbonyl (C=O) groups excluding carboxylic acids is 2. The minimum absolute atomic E-state index is 0.0923. The monoisotopic (exact) mass is 586 g/mol. The second-order valence-corrected chi connectivity index (χ2v) is 15.1.